The van der Waals surface area contributed by atoms with Crippen molar-refractivity contribution in [3.8, 4) is 0 Å². The molecule has 1 aromatic carbocycles. The zero-order valence-corrected chi connectivity index (χ0v) is 13.9. The first-order valence-electron chi connectivity index (χ1n) is 8.09. The van der Waals surface area contributed by atoms with E-state index in [4.69, 9.17) is 0 Å². The van der Waals surface area contributed by atoms with E-state index in [1.54, 1.807) is 4.90 Å². The molecule has 4 nitrogen and oxygen atoms in total. The number of nitrogens with zero attached hydrogens (tertiary/aromatic N) is 1. The summed E-state index contributed by atoms with van der Waals surface area (Å²) >= 11 is 0. The summed E-state index contributed by atoms with van der Waals surface area (Å²) in [5.74, 6) is 0.0973. The molecule has 2 rings (SSSR count). The lowest BCUT2D eigenvalue weighted by Gasteiger charge is -2.18. The van der Waals surface area contributed by atoms with Crippen molar-refractivity contribution < 1.29 is 9.59 Å². The molecule has 0 saturated carbocycles. The van der Waals surface area contributed by atoms with Gasteiger partial charge in [0.15, 0.2) is 0 Å². The summed E-state index contributed by atoms with van der Waals surface area (Å²) in [7, 11) is 0. The van der Waals surface area contributed by atoms with Gasteiger partial charge in [-0.1, -0.05) is 39.8 Å². The fourth-order valence-corrected chi connectivity index (χ4v) is 2.65. The number of anilines is 1. The lowest BCUT2D eigenvalue weighted by molar-refractivity contribution is -0.132. The third kappa shape index (κ3) is 3.67. The molecule has 0 aliphatic carbocycles. The van der Waals surface area contributed by atoms with Gasteiger partial charge < -0.3 is 10.2 Å². The van der Waals surface area contributed by atoms with E-state index in [1.165, 1.54) is 5.56 Å². The van der Waals surface area contributed by atoms with Crippen LogP contribution >= 0.6 is 0 Å². The van der Waals surface area contributed by atoms with Gasteiger partial charge in [0, 0.05) is 18.8 Å². The summed E-state index contributed by atoms with van der Waals surface area (Å²) in [6, 6.07) is 8.06. The van der Waals surface area contributed by atoms with Gasteiger partial charge in [0.2, 0.25) is 11.8 Å². The van der Waals surface area contributed by atoms with Crippen molar-refractivity contribution in [2.45, 2.75) is 40.0 Å². The Balaban J connectivity index is 2.03. The van der Waals surface area contributed by atoms with Gasteiger partial charge in [0.25, 0.3) is 0 Å². The van der Waals surface area contributed by atoms with Gasteiger partial charge in [-0.25, -0.2) is 0 Å². The second-order valence-electron chi connectivity index (χ2n) is 6.72. The molecule has 22 heavy (non-hydrogen) atoms. The molecule has 0 aromatic heterocycles. The van der Waals surface area contributed by atoms with Gasteiger partial charge >= 0.3 is 0 Å². The zero-order chi connectivity index (χ0) is 16.3. The molecule has 1 aliphatic heterocycles. The molecule has 1 aliphatic rings. The first kappa shape index (κ1) is 16.5. The first-order valence-corrected chi connectivity index (χ1v) is 8.09. The molecule has 4 heteroatoms. The SMILES string of the molecule is CC(C)CNC(=O)C1CCN(c2ccc(C(C)C)cc2)C1=O. The number of nitrogens with one attached hydrogen (secondary N) is 1. The average Bonchev–Trinajstić information content (AvgIpc) is 2.86. The molecule has 120 valence electrons. The predicted molar refractivity (Wildman–Crippen MR) is 88.8 cm³/mol. The summed E-state index contributed by atoms with van der Waals surface area (Å²) in [6.07, 6.45) is 0.592. The highest BCUT2D eigenvalue weighted by molar-refractivity contribution is 6.09. The third-order valence-corrected chi connectivity index (χ3v) is 4.08. The van der Waals surface area contributed by atoms with Crippen molar-refractivity contribution in [2.75, 3.05) is 18.0 Å². The Kier molecular flexibility index (Phi) is 5.22. The lowest BCUT2D eigenvalue weighted by atomic mass is 10.0. The molecular weight excluding hydrogens is 276 g/mol. The quantitative estimate of drug-likeness (QED) is 0.850. The van der Waals surface area contributed by atoms with Crippen LogP contribution in [0.1, 0.15) is 45.6 Å². The van der Waals surface area contributed by atoms with E-state index >= 15 is 0 Å². The van der Waals surface area contributed by atoms with Gasteiger partial charge in [0.1, 0.15) is 5.92 Å². The molecule has 1 heterocycles. The van der Waals surface area contributed by atoms with Gasteiger partial charge in [-0.3, -0.25) is 9.59 Å². The third-order valence-electron chi connectivity index (χ3n) is 4.08. The molecule has 1 fully saturated rings. The van der Waals surface area contributed by atoms with Crippen LogP contribution in [0.3, 0.4) is 0 Å². The van der Waals surface area contributed by atoms with Crippen LogP contribution < -0.4 is 10.2 Å². The maximum atomic E-state index is 12.5. The van der Waals surface area contributed by atoms with E-state index in [1.807, 2.05) is 26.0 Å². The van der Waals surface area contributed by atoms with E-state index < -0.39 is 5.92 Å². The second kappa shape index (κ2) is 6.95. The lowest BCUT2D eigenvalue weighted by Crippen LogP contribution is -2.38. The Morgan fingerprint density at radius 2 is 1.86 bits per heavy atom. The van der Waals surface area contributed by atoms with Gasteiger partial charge in [-0.2, -0.15) is 0 Å². The van der Waals surface area contributed by atoms with Crippen molar-refractivity contribution in [3.05, 3.63) is 29.8 Å². The Morgan fingerprint density at radius 3 is 2.41 bits per heavy atom. The summed E-state index contributed by atoms with van der Waals surface area (Å²) in [5, 5.41) is 2.86. The van der Waals surface area contributed by atoms with E-state index in [-0.39, 0.29) is 11.8 Å². The topological polar surface area (TPSA) is 49.4 Å². The molecular formula is C18H26N2O2. The van der Waals surface area contributed by atoms with Crippen LogP contribution in [0.5, 0.6) is 0 Å². The minimum atomic E-state index is -0.538. The predicted octanol–water partition coefficient (Wildman–Crippen LogP) is 2.94. The number of rotatable bonds is 5. The van der Waals surface area contributed by atoms with Crippen LogP contribution in [-0.2, 0) is 9.59 Å². The summed E-state index contributed by atoms with van der Waals surface area (Å²) in [5.41, 5.74) is 2.13. The van der Waals surface area contributed by atoms with E-state index in [9.17, 15) is 9.59 Å². The average molecular weight is 302 g/mol. The number of amides is 2. The van der Waals surface area contributed by atoms with Gasteiger partial charge in [-0.15, -0.1) is 0 Å². The van der Waals surface area contributed by atoms with Crippen LogP contribution in [0.25, 0.3) is 0 Å². The second-order valence-corrected chi connectivity index (χ2v) is 6.72. The fraction of sp³-hybridized carbons (Fsp3) is 0.556. The molecule has 1 aromatic rings. The monoisotopic (exact) mass is 302 g/mol. The Bertz CT molecular complexity index is 535. The van der Waals surface area contributed by atoms with Crippen molar-refractivity contribution in [3.63, 3.8) is 0 Å². The standard InChI is InChI=1S/C18H26N2O2/c1-12(2)11-19-17(21)16-9-10-20(18(16)22)15-7-5-14(6-8-15)13(3)4/h5-8,12-13,16H,9-11H2,1-4H3,(H,19,21). The number of hydrogen-bond acceptors (Lipinski definition) is 2. The Morgan fingerprint density at radius 1 is 1.23 bits per heavy atom. The van der Waals surface area contributed by atoms with Gasteiger partial charge in [-0.05, 0) is 36.0 Å². The highest BCUT2D eigenvalue weighted by Crippen LogP contribution is 2.27. The van der Waals surface area contributed by atoms with Crippen LogP contribution in [0.4, 0.5) is 5.69 Å². The van der Waals surface area contributed by atoms with Gasteiger partial charge in [0.05, 0.1) is 0 Å². The van der Waals surface area contributed by atoms with Crippen molar-refractivity contribution in [1.82, 2.24) is 5.32 Å². The molecule has 1 N–H and O–H groups in total. The van der Waals surface area contributed by atoms with Crippen LogP contribution in [0, 0.1) is 11.8 Å². The largest absolute Gasteiger partial charge is 0.355 e. The Hall–Kier alpha value is -1.84. The maximum absolute atomic E-state index is 12.5. The molecule has 1 atom stereocenters. The highest BCUT2D eigenvalue weighted by Gasteiger charge is 2.37. The molecule has 1 unspecified atom stereocenters. The van der Waals surface area contributed by atoms with Crippen molar-refractivity contribution in [1.29, 1.82) is 0 Å². The maximum Gasteiger partial charge on any atom is 0.239 e. The van der Waals surface area contributed by atoms with Crippen LogP contribution in [0.2, 0.25) is 0 Å². The van der Waals surface area contributed by atoms with E-state index in [0.717, 1.165) is 5.69 Å². The summed E-state index contributed by atoms with van der Waals surface area (Å²) in [4.78, 5) is 26.3. The molecule has 2 amide bonds. The smallest absolute Gasteiger partial charge is 0.239 e. The van der Waals surface area contributed by atoms with Crippen molar-refractivity contribution >= 4 is 17.5 Å². The number of benzene rings is 1. The number of carbonyl (C=O) groups is 2. The summed E-state index contributed by atoms with van der Waals surface area (Å²) in [6.45, 7) is 9.60. The molecule has 0 bridgehead atoms. The van der Waals surface area contributed by atoms with Crippen LogP contribution in [0.15, 0.2) is 24.3 Å². The highest BCUT2D eigenvalue weighted by atomic mass is 16.2. The fourth-order valence-electron chi connectivity index (χ4n) is 2.65. The Labute approximate surface area is 132 Å². The minimum absolute atomic E-state index is 0.0847. The summed E-state index contributed by atoms with van der Waals surface area (Å²) < 4.78 is 0. The molecule has 0 spiro atoms. The molecule has 0 radical (unpaired) electrons. The molecule has 1 saturated heterocycles. The normalized spacial score (nSPS) is 18.4. The van der Waals surface area contributed by atoms with E-state index in [0.29, 0.717) is 31.3 Å². The van der Waals surface area contributed by atoms with E-state index in [2.05, 4.69) is 31.3 Å². The number of carbonyl (C=O) groups excluding carboxylic acids is 2. The first-order chi connectivity index (χ1) is 10.4. The van der Waals surface area contributed by atoms with Crippen LogP contribution in [-0.4, -0.2) is 24.9 Å². The van der Waals surface area contributed by atoms with Crippen molar-refractivity contribution in [2.24, 2.45) is 11.8 Å². The zero-order valence-electron chi connectivity index (χ0n) is 13.9. The minimum Gasteiger partial charge on any atom is -0.355 e. The number of hydrogen-bond donors (Lipinski definition) is 1.